The minimum atomic E-state index is -4.64. The normalized spacial score (nSPS) is 31.2. The predicted molar refractivity (Wildman–Crippen MR) is 33.6 cm³/mol. The second kappa shape index (κ2) is 2.36. The van der Waals surface area contributed by atoms with Crippen LogP contribution in [0.15, 0.2) is 0 Å². The molecule has 1 aliphatic rings. The molecule has 0 saturated carbocycles. The second-order valence-corrected chi connectivity index (χ2v) is 5.68. The fourth-order valence-electron chi connectivity index (χ4n) is 0.765. The summed E-state index contributed by atoms with van der Waals surface area (Å²) in [4.78, 5) is 0. The van der Waals surface area contributed by atoms with E-state index in [4.69, 9.17) is 0 Å². The third-order valence-electron chi connectivity index (χ3n) is 0.983. The van der Waals surface area contributed by atoms with Crippen LogP contribution >= 0.6 is 0 Å². The molecule has 1 rings (SSSR count). The van der Waals surface area contributed by atoms with E-state index in [0.717, 1.165) is 0 Å². The van der Waals surface area contributed by atoms with Gasteiger partial charge in [0.2, 0.25) is 0 Å². The van der Waals surface area contributed by atoms with Crippen molar-refractivity contribution in [3.05, 3.63) is 0 Å². The molecule has 0 aromatic rings. The van der Waals surface area contributed by atoms with Crippen LogP contribution in [0.25, 0.3) is 0 Å². The molecule has 0 aromatic heterocycles. The molecule has 1 heterocycles. The molecule has 1 saturated heterocycles. The van der Waals surface area contributed by atoms with Gasteiger partial charge in [-0.15, -0.1) is 3.63 Å². The van der Waals surface area contributed by atoms with Crippen molar-refractivity contribution in [3.63, 3.8) is 0 Å². The van der Waals surface area contributed by atoms with Gasteiger partial charge in [-0.2, -0.15) is 16.8 Å². The standard InChI is InChI=1S/C3H4F2O5S2/c4-3(5)1-11(6,7)10-12(8,9)2-3/h1-2H2. The molecule has 0 unspecified atom stereocenters. The van der Waals surface area contributed by atoms with E-state index in [1.54, 1.807) is 0 Å². The van der Waals surface area contributed by atoms with Gasteiger partial charge in [-0.25, -0.2) is 8.78 Å². The summed E-state index contributed by atoms with van der Waals surface area (Å²) in [6.07, 6.45) is 0. The first-order valence-electron chi connectivity index (χ1n) is 2.66. The average molecular weight is 222 g/mol. The lowest BCUT2D eigenvalue weighted by Crippen LogP contribution is -2.43. The molecule has 0 amide bonds. The third kappa shape index (κ3) is 2.35. The molecule has 0 N–H and O–H groups in total. The topological polar surface area (TPSA) is 77.5 Å². The van der Waals surface area contributed by atoms with Gasteiger partial charge >= 0.3 is 0 Å². The zero-order chi connectivity index (χ0) is 9.62. The first-order valence-corrected chi connectivity index (χ1v) is 5.82. The molecule has 1 aliphatic heterocycles. The van der Waals surface area contributed by atoms with E-state index in [-0.39, 0.29) is 0 Å². The molecule has 5 nitrogen and oxygen atoms in total. The highest BCUT2D eigenvalue weighted by Gasteiger charge is 2.48. The SMILES string of the molecule is O=S1(=O)CC(F)(F)CS(=O)(=O)O1. The van der Waals surface area contributed by atoms with Crippen LogP contribution in [0, 0.1) is 0 Å². The van der Waals surface area contributed by atoms with Crippen LogP contribution in [-0.2, 0) is 23.9 Å². The highest BCUT2D eigenvalue weighted by Crippen LogP contribution is 2.26. The molecule has 0 aromatic carbocycles. The Hall–Kier alpha value is -0.280. The summed E-state index contributed by atoms with van der Waals surface area (Å²) in [5.41, 5.74) is 0. The van der Waals surface area contributed by atoms with Crippen molar-refractivity contribution < 1.29 is 29.2 Å². The van der Waals surface area contributed by atoms with E-state index < -0.39 is 37.7 Å². The van der Waals surface area contributed by atoms with E-state index in [9.17, 15) is 25.6 Å². The number of alkyl halides is 2. The smallest absolute Gasteiger partial charge is 0.204 e. The summed E-state index contributed by atoms with van der Waals surface area (Å²) in [6, 6.07) is 0. The van der Waals surface area contributed by atoms with Gasteiger partial charge in [-0.05, 0) is 0 Å². The lowest BCUT2D eigenvalue weighted by atomic mass is 10.5. The average Bonchev–Trinajstić information content (AvgIpc) is 1.44. The molecular weight excluding hydrogens is 218 g/mol. The van der Waals surface area contributed by atoms with Gasteiger partial charge < -0.3 is 0 Å². The van der Waals surface area contributed by atoms with Crippen LogP contribution in [0.2, 0.25) is 0 Å². The Morgan fingerprint density at radius 1 is 1.00 bits per heavy atom. The van der Waals surface area contributed by atoms with Crippen molar-refractivity contribution in [3.8, 4) is 0 Å². The van der Waals surface area contributed by atoms with Gasteiger partial charge in [0.25, 0.3) is 26.2 Å². The first-order chi connectivity index (χ1) is 5.12. The Balaban J connectivity index is 3.14. The zero-order valence-electron chi connectivity index (χ0n) is 5.53. The maximum Gasteiger partial charge on any atom is 0.287 e. The van der Waals surface area contributed by atoms with Crippen LogP contribution in [0.3, 0.4) is 0 Å². The quantitative estimate of drug-likeness (QED) is 0.542. The molecule has 72 valence electrons. The van der Waals surface area contributed by atoms with E-state index in [1.165, 1.54) is 0 Å². The van der Waals surface area contributed by atoms with Crippen LogP contribution in [0.5, 0.6) is 0 Å². The van der Waals surface area contributed by atoms with Crippen molar-refractivity contribution in [1.29, 1.82) is 0 Å². The van der Waals surface area contributed by atoms with Gasteiger partial charge in [-0.3, -0.25) is 0 Å². The number of rotatable bonds is 0. The van der Waals surface area contributed by atoms with Gasteiger partial charge in [0.05, 0.1) is 0 Å². The summed E-state index contributed by atoms with van der Waals surface area (Å²) in [5, 5.41) is 0. The Kier molecular flexibility index (Phi) is 1.93. The van der Waals surface area contributed by atoms with Crippen molar-refractivity contribution in [1.82, 2.24) is 0 Å². The minimum absolute atomic E-state index is 1.58. The highest BCUT2D eigenvalue weighted by molar-refractivity contribution is 8.00. The van der Waals surface area contributed by atoms with Gasteiger partial charge in [-0.1, -0.05) is 0 Å². The lowest BCUT2D eigenvalue weighted by molar-refractivity contribution is 0.0445. The summed E-state index contributed by atoms with van der Waals surface area (Å²) in [5.74, 6) is -6.92. The number of hydrogen-bond acceptors (Lipinski definition) is 5. The van der Waals surface area contributed by atoms with Crippen LogP contribution in [0.4, 0.5) is 8.78 Å². The largest absolute Gasteiger partial charge is 0.287 e. The third-order valence-corrected chi connectivity index (χ3v) is 4.19. The monoisotopic (exact) mass is 222 g/mol. The van der Waals surface area contributed by atoms with Gasteiger partial charge in [0.1, 0.15) is 11.5 Å². The van der Waals surface area contributed by atoms with E-state index in [2.05, 4.69) is 3.63 Å². The molecule has 0 atom stereocenters. The van der Waals surface area contributed by atoms with Crippen molar-refractivity contribution in [2.75, 3.05) is 11.5 Å². The minimum Gasteiger partial charge on any atom is -0.204 e. The first kappa shape index (κ1) is 9.81. The van der Waals surface area contributed by atoms with Crippen molar-refractivity contribution >= 4 is 20.2 Å². The fourth-order valence-corrected chi connectivity index (χ4v) is 3.78. The summed E-state index contributed by atoms with van der Waals surface area (Å²) >= 11 is 0. The lowest BCUT2D eigenvalue weighted by Gasteiger charge is -2.20. The van der Waals surface area contributed by atoms with Crippen LogP contribution in [-0.4, -0.2) is 34.3 Å². The number of hydrogen-bond donors (Lipinski definition) is 0. The van der Waals surface area contributed by atoms with Crippen molar-refractivity contribution in [2.45, 2.75) is 5.92 Å². The Labute approximate surface area is 67.6 Å². The summed E-state index contributed by atoms with van der Waals surface area (Å²) in [6.45, 7) is 0. The van der Waals surface area contributed by atoms with E-state index in [0.29, 0.717) is 0 Å². The maximum absolute atomic E-state index is 12.4. The molecule has 9 heteroatoms. The summed E-state index contributed by atoms with van der Waals surface area (Å²) < 4.78 is 69.8. The van der Waals surface area contributed by atoms with E-state index >= 15 is 0 Å². The predicted octanol–water partition coefficient (Wildman–Crippen LogP) is -0.688. The summed E-state index contributed by atoms with van der Waals surface area (Å²) in [7, 11) is -9.27. The zero-order valence-corrected chi connectivity index (χ0v) is 7.16. The molecule has 12 heavy (non-hydrogen) atoms. The molecule has 0 aliphatic carbocycles. The van der Waals surface area contributed by atoms with Gasteiger partial charge in [0, 0.05) is 0 Å². The fraction of sp³-hybridized carbons (Fsp3) is 1.00. The Morgan fingerprint density at radius 2 is 1.33 bits per heavy atom. The second-order valence-electron chi connectivity index (χ2n) is 2.33. The van der Waals surface area contributed by atoms with Gasteiger partial charge in [0.15, 0.2) is 0 Å². The molecular formula is C3H4F2O5S2. The van der Waals surface area contributed by atoms with Crippen LogP contribution in [0.1, 0.15) is 0 Å². The molecule has 1 fully saturated rings. The molecule has 0 radical (unpaired) electrons. The number of halogens is 2. The highest BCUT2D eigenvalue weighted by atomic mass is 32.3. The Bertz CT molecular complexity index is 343. The molecule has 0 bridgehead atoms. The van der Waals surface area contributed by atoms with Crippen LogP contribution < -0.4 is 0 Å². The molecule has 0 spiro atoms. The Morgan fingerprint density at radius 3 is 1.58 bits per heavy atom. The maximum atomic E-state index is 12.4. The van der Waals surface area contributed by atoms with E-state index in [1.807, 2.05) is 0 Å². The van der Waals surface area contributed by atoms with Crippen molar-refractivity contribution in [2.24, 2.45) is 0 Å².